The molecule has 0 saturated carbocycles. The van der Waals surface area contributed by atoms with Crippen molar-refractivity contribution in [3.63, 3.8) is 0 Å². The van der Waals surface area contributed by atoms with Gasteiger partial charge in [0.25, 0.3) is 0 Å². The molecule has 1 N–H and O–H groups in total. The highest BCUT2D eigenvalue weighted by Gasteiger charge is 2.32. The largest absolute Gasteiger partial charge is 0.389 e. The predicted octanol–water partition coefficient (Wildman–Crippen LogP) is 3.48. The summed E-state index contributed by atoms with van der Waals surface area (Å²) in [4.78, 5) is 2.32. The number of hydrogen-bond acceptors (Lipinski definition) is 3. The lowest BCUT2D eigenvalue weighted by Gasteiger charge is -2.28. The summed E-state index contributed by atoms with van der Waals surface area (Å²) in [6.45, 7) is 10.6. The van der Waals surface area contributed by atoms with Crippen LogP contribution in [0.3, 0.4) is 0 Å². The third kappa shape index (κ3) is 2.96. The van der Waals surface area contributed by atoms with E-state index in [0.29, 0.717) is 16.9 Å². The van der Waals surface area contributed by atoms with Gasteiger partial charge in [0.1, 0.15) is 0 Å². The SMILES string of the molecule is C[C@@H](O)c1ccc(C#N)cc1N1CCC(C(C)(C)C)C1. The summed E-state index contributed by atoms with van der Waals surface area (Å²) >= 11 is 0. The molecule has 108 valence electrons. The minimum atomic E-state index is -0.508. The lowest BCUT2D eigenvalue weighted by atomic mass is 9.80. The topological polar surface area (TPSA) is 47.3 Å². The van der Waals surface area contributed by atoms with E-state index < -0.39 is 6.10 Å². The van der Waals surface area contributed by atoms with E-state index in [1.807, 2.05) is 12.1 Å². The van der Waals surface area contributed by atoms with Gasteiger partial charge in [0.2, 0.25) is 0 Å². The molecule has 1 aromatic rings. The summed E-state index contributed by atoms with van der Waals surface area (Å²) < 4.78 is 0. The Bertz CT molecular complexity index is 523. The maximum absolute atomic E-state index is 9.94. The summed E-state index contributed by atoms with van der Waals surface area (Å²) in [5.74, 6) is 0.648. The van der Waals surface area contributed by atoms with Crippen molar-refractivity contribution >= 4 is 5.69 Å². The first-order valence-electron chi connectivity index (χ1n) is 7.30. The van der Waals surface area contributed by atoms with Gasteiger partial charge < -0.3 is 10.0 Å². The van der Waals surface area contributed by atoms with Gasteiger partial charge in [-0.05, 0) is 36.8 Å². The highest BCUT2D eigenvalue weighted by molar-refractivity contribution is 5.59. The number of nitriles is 1. The van der Waals surface area contributed by atoms with Gasteiger partial charge in [0.05, 0.1) is 17.7 Å². The van der Waals surface area contributed by atoms with Crippen LogP contribution in [0.5, 0.6) is 0 Å². The number of rotatable bonds is 2. The molecule has 0 aliphatic carbocycles. The second kappa shape index (κ2) is 5.46. The van der Waals surface area contributed by atoms with Crippen LogP contribution < -0.4 is 4.90 Å². The van der Waals surface area contributed by atoms with Crippen molar-refractivity contribution in [2.75, 3.05) is 18.0 Å². The van der Waals surface area contributed by atoms with E-state index in [1.54, 1.807) is 13.0 Å². The number of benzene rings is 1. The molecule has 1 aromatic carbocycles. The maximum Gasteiger partial charge on any atom is 0.0992 e. The van der Waals surface area contributed by atoms with Crippen LogP contribution in [-0.2, 0) is 0 Å². The van der Waals surface area contributed by atoms with Crippen LogP contribution in [-0.4, -0.2) is 18.2 Å². The van der Waals surface area contributed by atoms with Crippen molar-refractivity contribution in [3.8, 4) is 6.07 Å². The van der Waals surface area contributed by atoms with E-state index >= 15 is 0 Å². The second-order valence-corrected chi connectivity index (χ2v) is 6.86. The fourth-order valence-corrected chi connectivity index (χ4v) is 2.93. The van der Waals surface area contributed by atoms with Crippen LogP contribution in [0.4, 0.5) is 5.69 Å². The van der Waals surface area contributed by atoms with Gasteiger partial charge in [0, 0.05) is 24.3 Å². The monoisotopic (exact) mass is 272 g/mol. The molecule has 20 heavy (non-hydrogen) atoms. The van der Waals surface area contributed by atoms with Crippen LogP contribution in [0.2, 0.25) is 0 Å². The van der Waals surface area contributed by atoms with Gasteiger partial charge in [-0.3, -0.25) is 0 Å². The van der Waals surface area contributed by atoms with Crippen molar-refractivity contribution in [3.05, 3.63) is 29.3 Å². The third-order valence-corrected chi connectivity index (χ3v) is 4.36. The summed E-state index contributed by atoms with van der Waals surface area (Å²) in [6.07, 6.45) is 0.658. The van der Waals surface area contributed by atoms with Gasteiger partial charge >= 0.3 is 0 Å². The van der Waals surface area contributed by atoms with Crippen LogP contribution in [0.1, 0.15) is 51.3 Å². The summed E-state index contributed by atoms with van der Waals surface area (Å²) in [5, 5.41) is 19.0. The Morgan fingerprint density at radius 1 is 1.40 bits per heavy atom. The molecule has 0 aromatic heterocycles. The normalized spacial score (nSPS) is 20.8. The first kappa shape index (κ1) is 14.9. The van der Waals surface area contributed by atoms with Crippen LogP contribution in [0, 0.1) is 22.7 Å². The Morgan fingerprint density at radius 2 is 2.10 bits per heavy atom. The number of nitrogens with zero attached hydrogens (tertiary/aromatic N) is 2. The van der Waals surface area contributed by atoms with E-state index in [9.17, 15) is 5.11 Å². The number of hydrogen-bond donors (Lipinski definition) is 1. The molecule has 1 heterocycles. The summed E-state index contributed by atoms with van der Waals surface area (Å²) in [5.41, 5.74) is 2.89. The smallest absolute Gasteiger partial charge is 0.0992 e. The summed E-state index contributed by atoms with van der Waals surface area (Å²) in [7, 11) is 0. The molecule has 0 radical (unpaired) electrons. The predicted molar refractivity (Wildman–Crippen MR) is 81.6 cm³/mol. The Balaban J connectivity index is 2.31. The fraction of sp³-hybridized carbons (Fsp3) is 0.588. The Kier molecular flexibility index (Phi) is 4.06. The lowest BCUT2D eigenvalue weighted by molar-refractivity contribution is 0.199. The Morgan fingerprint density at radius 3 is 2.60 bits per heavy atom. The third-order valence-electron chi connectivity index (χ3n) is 4.36. The Labute approximate surface area is 121 Å². The molecule has 1 saturated heterocycles. The van der Waals surface area contributed by atoms with E-state index in [4.69, 9.17) is 5.26 Å². The lowest BCUT2D eigenvalue weighted by Crippen LogP contribution is -2.26. The molecule has 3 nitrogen and oxygen atoms in total. The zero-order valence-corrected chi connectivity index (χ0v) is 12.8. The van der Waals surface area contributed by atoms with Gasteiger partial charge in [0.15, 0.2) is 0 Å². The molecule has 1 aliphatic rings. The Hall–Kier alpha value is -1.53. The molecule has 2 rings (SSSR count). The van der Waals surface area contributed by atoms with Crippen molar-refractivity contribution in [1.29, 1.82) is 5.26 Å². The molecular weight excluding hydrogens is 248 g/mol. The average Bonchev–Trinajstić information content (AvgIpc) is 2.87. The zero-order chi connectivity index (χ0) is 14.9. The minimum absolute atomic E-state index is 0.298. The molecule has 0 bridgehead atoms. The number of anilines is 1. The van der Waals surface area contributed by atoms with E-state index in [0.717, 1.165) is 24.3 Å². The molecule has 1 aliphatic heterocycles. The fourth-order valence-electron chi connectivity index (χ4n) is 2.93. The molecule has 0 amide bonds. The van der Waals surface area contributed by atoms with E-state index in [-0.39, 0.29) is 0 Å². The van der Waals surface area contributed by atoms with E-state index in [1.165, 1.54) is 6.42 Å². The molecule has 1 fully saturated rings. The van der Waals surface area contributed by atoms with Crippen molar-refractivity contribution in [2.45, 2.75) is 40.2 Å². The maximum atomic E-state index is 9.94. The van der Waals surface area contributed by atoms with Crippen LogP contribution >= 0.6 is 0 Å². The van der Waals surface area contributed by atoms with Gasteiger partial charge in [-0.25, -0.2) is 0 Å². The number of aliphatic hydroxyl groups is 1. The summed E-state index contributed by atoms with van der Waals surface area (Å²) in [6, 6.07) is 7.76. The van der Waals surface area contributed by atoms with Crippen molar-refractivity contribution < 1.29 is 5.11 Å². The molecular formula is C17H24N2O. The van der Waals surface area contributed by atoms with E-state index in [2.05, 4.69) is 31.7 Å². The highest BCUT2D eigenvalue weighted by atomic mass is 16.3. The quantitative estimate of drug-likeness (QED) is 0.896. The van der Waals surface area contributed by atoms with Crippen LogP contribution in [0.25, 0.3) is 0 Å². The van der Waals surface area contributed by atoms with Crippen molar-refractivity contribution in [2.24, 2.45) is 11.3 Å². The standard InChI is InChI=1S/C17H24N2O/c1-12(20)15-6-5-13(10-18)9-16(15)19-8-7-14(11-19)17(2,3)4/h5-6,9,12,14,20H,7-8,11H2,1-4H3/t12-,14?/m1/s1. The molecule has 2 atom stereocenters. The van der Waals surface area contributed by atoms with Crippen LogP contribution in [0.15, 0.2) is 18.2 Å². The van der Waals surface area contributed by atoms with Gasteiger partial charge in [-0.2, -0.15) is 5.26 Å². The highest BCUT2D eigenvalue weighted by Crippen LogP contribution is 2.38. The number of aliphatic hydroxyl groups excluding tert-OH is 1. The average molecular weight is 272 g/mol. The molecule has 3 heteroatoms. The zero-order valence-electron chi connectivity index (χ0n) is 12.8. The van der Waals surface area contributed by atoms with Gasteiger partial charge in [-0.1, -0.05) is 26.8 Å². The molecule has 1 unspecified atom stereocenters. The second-order valence-electron chi connectivity index (χ2n) is 6.86. The first-order chi connectivity index (χ1) is 9.32. The van der Waals surface area contributed by atoms with Gasteiger partial charge in [-0.15, -0.1) is 0 Å². The minimum Gasteiger partial charge on any atom is -0.389 e. The van der Waals surface area contributed by atoms with Crippen molar-refractivity contribution in [1.82, 2.24) is 0 Å². The molecule has 0 spiro atoms. The first-order valence-corrected chi connectivity index (χ1v) is 7.30.